The van der Waals surface area contributed by atoms with Gasteiger partial charge in [0, 0.05) is 12.7 Å². The highest BCUT2D eigenvalue weighted by molar-refractivity contribution is 6.05. The van der Waals surface area contributed by atoms with E-state index in [0.717, 1.165) is 16.6 Å². The molecule has 4 rings (SSSR count). The molecule has 3 N–H and O–H groups in total. The lowest BCUT2D eigenvalue weighted by Crippen LogP contribution is -2.32. The molecule has 1 amide bonds. The number of H-pyrrole nitrogens is 2. The summed E-state index contributed by atoms with van der Waals surface area (Å²) in [5.74, 6) is 0.154. The van der Waals surface area contributed by atoms with Crippen LogP contribution in [-0.4, -0.2) is 30.4 Å². The number of nitrogens with zero attached hydrogens (tertiary/aromatic N) is 3. The Bertz CT molecular complexity index is 1360. The first kappa shape index (κ1) is 17.7. The number of carbonyl (C=O) groups is 1. The molecule has 142 valence electrons. The van der Waals surface area contributed by atoms with E-state index in [2.05, 4.69) is 25.3 Å². The quantitative estimate of drug-likeness (QED) is 0.491. The van der Waals surface area contributed by atoms with E-state index in [1.165, 1.54) is 17.7 Å². The number of pyridine rings is 1. The second kappa shape index (κ2) is 6.45. The summed E-state index contributed by atoms with van der Waals surface area (Å²) in [4.78, 5) is 51.0. The summed E-state index contributed by atoms with van der Waals surface area (Å²) < 4.78 is 1.21. The van der Waals surface area contributed by atoms with Crippen LogP contribution in [-0.2, 0) is 13.6 Å². The number of amides is 1. The number of aromatic nitrogens is 5. The van der Waals surface area contributed by atoms with Gasteiger partial charge >= 0.3 is 5.69 Å². The van der Waals surface area contributed by atoms with Crippen molar-refractivity contribution >= 4 is 28.0 Å². The van der Waals surface area contributed by atoms with Crippen LogP contribution in [0.15, 0.2) is 33.9 Å². The molecule has 28 heavy (non-hydrogen) atoms. The van der Waals surface area contributed by atoms with E-state index < -0.39 is 17.2 Å². The molecule has 0 aliphatic carbocycles. The van der Waals surface area contributed by atoms with Gasteiger partial charge in [-0.2, -0.15) is 0 Å². The third kappa shape index (κ3) is 2.96. The Balaban J connectivity index is 1.69. The molecule has 3 aromatic heterocycles. The molecule has 0 unspecified atom stereocenters. The van der Waals surface area contributed by atoms with Crippen molar-refractivity contribution in [3.05, 3.63) is 67.7 Å². The van der Waals surface area contributed by atoms with Gasteiger partial charge in [0.2, 0.25) is 0 Å². The molecule has 4 aromatic rings. The van der Waals surface area contributed by atoms with Crippen LogP contribution in [0, 0.1) is 13.8 Å². The topological polar surface area (TPSA) is 126 Å². The van der Waals surface area contributed by atoms with Gasteiger partial charge in [-0.1, -0.05) is 6.07 Å². The summed E-state index contributed by atoms with van der Waals surface area (Å²) in [6, 6.07) is 7.38. The number of nitrogens with one attached hydrogen (secondary N) is 3. The summed E-state index contributed by atoms with van der Waals surface area (Å²) in [7, 11) is 1.49. The van der Waals surface area contributed by atoms with Crippen molar-refractivity contribution in [3.63, 3.8) is 0 Å². The van der Waals surface area contributed by atoms with Crippen molar-refractivity contribution in [1.29, 1.82) is 0 Å². The van der Waals surface area contributed by atoms with Crippen LogP contribution >= 0.6 is 0 Å². The summed E-state index contributed by atoms with van der Waals surface area (Å²) in [5.41, 5.74) is 2.43. The van der Waals surface area contributed by atoms with Crippen LogP contribution in [0.2, 0.25) is 0 Å². The lowest BCUT2D eigenvalue weighted by Gasteiger charge is -2.09. The fourth-order valence-corrected chi connectivity index (χ4v) is 3.16. The minimum atomic E-state index is -0.644. The first-order valence-electron chi connectivity index (χ1n) is 8.67. The fourth-order valence-electron chi connectivity index (χ4n) is 3.16. The molecule has 9 nitrogen and oxygen atoms in total. The minimum absolute atomic E-state index is 0.0745. The Hall–Kier alpha value is -3.75. The Kier molecular flexibility index (Phi) is 4.07. The minimum Gasteiger partial charge on any atom is -0.345 e. The summed E-state index contributed by atoms with van der Waals surface area (Å²) in [5, 5.41) is 2.85. The Labute approximate surface area is 158 Å². The predicted octanol–water partition coefficient (Wildman–Crippen LogP) is 1.04. The monoisotopic (exact) mass is 378 g/mol. The Morgan fingerprint density at radius 2 is 1.93 bits per heavy atom. The summed E-state index contributed by atoms with van der Waals surface area (Å²) in [6.07, 6.45) is 0. The normalized spacial score (nSPS) is 11.2. The Morgan fingerprint density at radius 1 is 1.14 bits per heavy atom. The molecule has 1 aromatic carbocycles. The lowest BCUT2D eigenvalue weighted by atomic mass is 10.1. The molecule has 0 aliphatic rings. The third-order valence-electron chi connectivity index (χ3n) is 4.55. The van der Waals surface area contributed by atoms with E-state index >= 15 is 0 Å². The average Bonchev–Trinajstić information content (AvgIpc) is 3.05. The van der Waals surface area contributed by atoms with Crippen molar-refractivity contribution in [2.45, 2.75) is 20.4 Å². The second-order valence-electron chi connectivity index (χ2n) is 6.71. The van der Waals surface area contributed by atoms with Crippen LogP contribution in [0.25, 0.3) is 22.1 Å². The zero-order chi connectivity index (χ0) is 20.0. The molecule has 0 atom stereocenters. The van der Waals surface area contributed by atoms with Crippen molar-refractivity contribution in [2.75, 3.05) is 0 Å². The third-order valence-corrected chi connectivity index (χ3v) is 4.55. The lowest BCUT2D eigenvalue weighted by molar-refractivity contribution is 0.0951. The number of hydrogen-bond acceptors (Lipinski definition) is 5. The fraction of sp³-hybridized carbons (Fsp3) is 0.211. The zero-order valence-electron chi connectivity index (χ0n) is 15.6. The van der Waals surface area contributed by atoms with Gasteiger partial charge in [0.15, 0.2) is 0 Å². The number of imidazole rings is 1. The highest BCUT2D eigenvalue weighted by atomic mass is 16.2. The van der Waals surface area contributed by atoms with Crippen molar-refractivity contribution < 1.29 is 4.79 Å². The van der Waals surface area contributed by atoms with Crippen molar-refractivity contribution in [2.24, 2.45) is 7.05 Å². The smallest absolute Gasteiger partial charge is 0.329 e. The standard InChI is InChI=1S/C19H18N6O3/c1-9-4-5-12-13(6-9)23-14(22-12)8-20-17(26)11-7-10(2)21-16-15(11)18(27)24-19(28)25(16)3/h4-7H,8H2,1-3H3,(H,20,26)(H,22,23)(H,24,27,28). The summed E-state index contributed by atoms with van der Waals surface area (Å²) in [6.45, 7) is 3.85. The van der Waals surface area contributed by atoms with E-state index in [4.69, 9.17) is 0 Å². The zero-order valence-corrected chi connectivity index (χ0v) is 15.6. The first-order valence-corrected chi connectivity index (χ1v) is 8.67. The van der Waals surface area contributed by atoms with Gasteiger partial charge in [-0.15, -0.1) is 0 Å². The molecule has 0 radical (unpaired) electrons. The number of aromatic amines is 2. The van der Waals surface area contributed by atoms with E-state index in [0.29, 0.717) is 11.5 Å². The molecule has 0 fully saturated rings. The molecule has 0 aliphatic heterocycles. The Morgan fingerprint density at radius 3 is 2.71 bits per heavy atom. The SMILES string of the molecule is Cc1ccc2nc(CNC(=O)c3cc(C)nc4c3c(=O)[nH]c(=O)n4C)[nH]c2c1. The maximum Gasteiger partial charge on any atom is 0.329 e. The van der Waals surface area contributed by atoms with Crippen LogP contribution < -0.4 is 16.6 Å². The molecule has 0 saturated heterocycles. The number of fused-ring (bicyclic) bond motifs is 2. The van der Waals surface area contributed by atoms with Crippen LogP contribution in [0.3, 0.4) is 0 Å². The van der Waals surface area contributed by atoms with E-state index in [1.807, 2.05) is 25.1 Å². The van der Waals surface area contributed by atoms with Gasteiger partial charge in [0.1, 0.15) is 11.5 Å². The van der Waals surface area contributed by atoms with Crippen molar-refractivity contribution in [1.82, 2.24) is 29.8 Å². The van der Waals surface area contributed by atoms with Crippen LogP contribution in [0.4, 0.5) is 0 Å². The second-order valence-corrected chi connectivity index (χ2v) is 6.71. The highest BCUT2D eigenvalue weighted by Crippen LogP contribution is 2.15. The van der Waals surface area contributed by atoms with Crippen LogP contribution in [0.1, 0.15) is 27.4 Å². The summed E-state index contributed by atoms with van der Waals surface area (Å²) >= 11 is 0. The predicted molar refractivity (Wildman–Crippen MR) is 104 cm³/mol. The molecule has 0 bridgehead atoms. The molecule has 3 heterocycles. The van der Waals surface area contributed by atoms with Gasteiger partial charge < -0.3 is 10.3 Å². The van der Waals surface area contributed by atoms with Gasteiger partial charge in [0.25, 0.3) is 11.5 Å². The molecular weight excluding hydrogens is 360 g/mol. The highest BCUT2D eigenvalue weighted by Gasteiger charge is 2.18. The number of rotatable bonds is 3. The van der Waals surface area contributed by atoms with Crippen molar-refractivity contribution in [3.8, 4) is 0 Å². The van der Waals surface area contributed by atoms with Gasteiger partial charge in [-0.3, -0.25) is 19.1 Å². The van der Waals surface area contributed by atoms with E-state index in [1.54, 1.807) is 6.92 Å². The molecule has 9 heteroatoms. The number of carbonyl (C=O) groups excluding carboxylic acids is 1. The maximum atomic E-state index is 12.8. The maximum absolute atomic E-state index is 12.8. The van der Waals surface area contributed by atoms with E-state index in [9.17, 15) is 14.4 Å². The molecule has 0 spiro atoms. The number of benzene rings is 1. The van der Waals surface area contributed by atoms with Crippen LogP contribution in [0.5, 0.6) is 0 Å². The first-order chi connectivity index (χ1) is 13.3. The molecular formula is C19H18N6O3. The van der Waals surface area contributed by atoms with E-state index in [-0.39, 0.29) is 23.1 Å². The largest absolute Gasteiger partial charge is 0.345 e. The van der Waals surface area contributed by atoms with Gasteiger partial charge in [0.05, 0.1) is 28.5 Å². The molecule has 0 saturated carbocycles. The number of aryl methyl sites for hydroxylation is 3. The van der Waals surface area contributed by atoms with Gasteiger partial charge in [-0.25, -0.2) is 14.8 Å². The number of hydrogen-bond donors (Lipinski definition) is 3. The van der Waals surface area contributed by atoms with Gasteiger partial charge in [-0.05, 0) is 37.6 Å². The average molecular weight is 378 g/mol.